The maximum Gasteiger partial charge on any atom is 0.240 e. The third-order valence-corrected chi connectivity index (χ3v) is 5.10. The molecule has 0 saturated carbocycles. The molecular formula is C15H23NO6S. The summed E-state index contributed by atoms with van der Waals surface area (Å²) >= 11 is 0. The van der Waals surface area contributed by atoms with E-state index >= 15 is 0 Å². The van der Waals surface area contributed by atoms with Crippen molar-refractivity contribution in [1.82, 2.24) is 4.72 Å². The van der Waals surface area contributed by atoms with Crippen LogP contribution in [0.3, 0.4) is 0 Å². The van der Waals surface area contributed by atoms with Gasteiger partial charge >= 0.3 is 0 Å². The molecule has 0 aromatic heterocycles. The van der Waals surface area contributed by atoms with Gasteiger partial charge < -0.3 is 18.9 Å². The van der Waals surface area contributed by atoms with E-state index in [2.05, 4.69) is 4.72 Å². The highest BCUT2D eigenvalue weighted by Gasteiger charge is 2.29. The zero-order chi connectivity index (χ0) is 16.9. The highest BCUT2D eigenvalue weighted by atomic mass is 32.2. The van der Waals surface area contributed by atoms with E-state index in [4.69, 9.17) is 18.9 Å². The van der Waals surface area contributed by atoms with E-state index in [0.717, 1.165) is 6.42 Å². The predicted molar refractivity (Wildman–Crippen MR) is 84.3 cm³/mol. The Morgan fingerprint density at radius 1 is 1.17 bits per heavy atom. The zero-order valence-electron chi connectivity index (χ0n) is 13.6. The molecule has 130 valence electrons. The summed E-state index contributed by atoms with van der Waals surface area (Å²) in [6.07, 6.45) is 1.28. The highest BCUT2D eigenvalue weighted by Crippen LogP contribution is 2.29. The van der Waals surface area contributed by atoms with E-state index < -0.39 is 15.8 Å². The molecule has 2 rings (SSSR count). The van der Waals surface area contributed by atoms with Crippen LogP contribution in [-0.2, 0) is 19.5 Å². The van der Waals surface area contributed by atoms with Gasteiger partial charge in [0.1, 0.15) is 0 Å². The molecule has 0 radical (unpaired) electrons. The summed E-state index contributed by atoms with van der Waals surface area (Å²) in [4.78, 5) is 0.116. The maximum absolute atomic E-state index is 12.4. The molecule has 8 heteroatoms. The Balaban J connectivity index is 2.01. The van der Waals surface area contributed by atoms with Crippen LogP contribution in [0.4, 0.5) is 0 Å². The van der Waals surface area contributed by atoms with E-state index in [0.29, 0.717) is 31.1 Å². The molecule has 0 amide bonds. The van der Waals surface area contributed by atoms with E-state index in [1.54, 1.807) is 6.07 Å². The summed E-state index contributed by atoms with van der Waals surface area (Å²) in [5.74, 6) is 0.0995. The lowest BCUT2D eigenvalue weighted by Gasteiger charge is -2.33. The van der Waals surface area contributed by atoms with E-state index in [1.807, 2.05) is 6.92 Å². The predicted octanol–water partition coefficient (Wildman–Crippen LogP) is 1.53. The van der Waals surface area contributed by atoms with Crippen molar-refractivity contribution in [2.24, 2.45) is 0 Å². The Kier molecular flexibility index (Phi) is 5.85. The van der Waals surface area contributed by atoms with Crippen LogP contribution in [0.5, 0.6) is 11.5 Å². The first-order valence-corrected chi connectivity index (χ1v) is 8.88. The van der Waals surface area contributed by atoms with E-state index in [-0.39, 0.29) is 11.4 Å². The molecule has 1 heterocycles. The number of methoxy groups -OCH3 is 2. The summed E-state index contributed by atoms with van der Waals surface area (Å²) in [6.45, 7) is 3.28. The van der Waals surface area contributed by atoms with Crippen molar-refractivity contribution < 1.29 is 27.4 Å². The van der Waals surface area contributed by atoms with E-state index in [9.17, 15) is 8.42 Å². The number of hydrogen-bond donors (Lipinski definition) is 1. The lowest BCUT2D eigenvalue weighted by atomic mass is 10.2. The zero-order valence-corrected chi connectivity index (χ0v) is 14.4. The second-order valence-electron chi connectivity index (χ2n) is 5.35. The first-order chi connectivity index (χ1) is 10.9. The molecule has 1 aliphatic heterocycles. The standard InChI is InChI=1S/C15H23NO6S/c1-15(21-9-4-10-22-15)7-8-16-23(17,18)12-5-6-13(19-2)14(11-12)20-3/h5-6,11,16H,4,7-10H2,1-3H3. The lowest BCUT2D eigenvalue weighted by molar-refractivity contribution is -0.257. The van der Waals surface area contributed by atoms with Gasteiger partial charge in [0.25, 0.3) is 0 Å². The molecule has 0 spiro atoms. The van der Waals surface area contributed by atoms with Crippen molar-refractivity contribution >= 4 is 10.0 Å². The third-order valence-electron chi connectivity index (χ3n) is 3.64. The van der Waals surface area contributed by atoms with Crippen LogP contribution in [0, 0.1) is 0 Å². The molecule has 1 aliphatic rings. The van der Waals surface area contributed by atoms with Gasteiger partial charge in [-0.2, -0.15) is 0 Å². The van der Waals surface area contributed by atoms with Crippen LogP contribution >= 0.6 is 0 Å². The second kappa shape index (κ2) is 7.48. The molecule has 1 N–H and O–H groups in total. The third kappa shape index (κ3) is 4.57. The molecule has 0 unspecified atom stereocenters. The minimum atomic E-state index is -3.64. The average Bonchev–Trinajstić information content (AvgIpc) is 2.54. The SMILES string of the molecule is COc1ccc(S(=O)(=O)NCCC2(C)OCCCO2)cc1OC. The van der Waals surface area contributed by atoms with Gasteiger partial charge in [-0.15, -0.1) is 0 Å². The molecule has 0 atom stereocenters. The number of sulfonamides is 1. The minimum absolute atomic E-state index is 0.116. The van der Waals surface area contributed by atoms with Crippen molar-refractivity contribution in [3.63, 3.8) is 0 Å². The fraction of sp³-hybridized carbons (Fsp3) is 0.600. The highest BCUT2D eigenvalue weighted by molar-refractivity contribution is 7.89. The maximum atomic E-state index is 12.4. The summed E-state index contributed by atoms with van der Waals surface area (Å²) in [5.41, 5.74) is 0. The molecule has 7 nitrogen and oxygen atoms in total. The average molecular weight is 345 g/mol. The molecule has 0 aliphatic carbocycles. The smallest absolute Gasteiger partial charge is 0.240 e. The lowest BCUT2D eigenvalue weighted by Crippen LogP contribution is -2.40. The van der Waals surface area contributed by atoms with Gasteiger partial charge in [0.15, 0.2) is 17.3 Å². The first-order valence-electron chi connectivity index (χ1n) is 7.40. The van der Waals surface area contributed by atoms with Gasteiger partial charge in [-0.25, -0.2) is 13.1 Å². The largest absolute Gasteiger partial charge is 0.493 e. The first kappa shape index (κ1) is 18.0. The van der Waals surface area contributed by atoms with Crippen LogP contribution in [0.2, 0.25) is 0 Å². The van der Waals surface area contributed by atoms with Gasteiger partial charge in [0, 0.05) is 19.0 Å². The van der Waals surface area contributed by atoms with E-state index in [1.165, 1.54) is 26.4 Å². The van der Waals surface area contributed by atoms with Crippen LogP contribution in [-0.4, -0.2) is 48.2 Å². The normalized spacial score (nSPS) is 17.7. The van der Waals surface area contributed by atoms with Crippen LogP contribution in [0.1, 0.15) is 19.8 Å². The summed E-state index contributed by atoms with van der Waals surface area (Å²) in [5, 5.41) is 0. The number of ether oxygens (including phenoxy) is 4. The van der Waals surface area contributed by atoms with Gasteiger partial charge in [0.05, 0.1) is 32.3 Å². The molecular weight excluding hydrogens is 322 g/mol. The Labute approximate surface area is 136 Å². The summed E-state index contributed by atoms with van der Waals surface area (Å²) in [6, 6.07) is 4.46. The quantitative estimate of drug-likeness (QED) is 0.807. The number of benzene rings is 1. The Hall–Kier alpha value is -1.35. The van der Waals surface area contributed by atoms with Crippen LogP contribution in [0.15, 0.2) is 23.1 Å². The van der Waals surface area contributed by atoms with Gasteiger partial charge in [-0.3, -0.25) is 0 Å². The van der Waals surface area contributed by atoms with Crippen LogP contribution < -0.4 is 14.2 Å². The minimum Gasteiger partial charge on any atom is -0.493 e. The topological polar surface area (TPSA) is 83.1 Å². The molecule has 1 saturated heterocycles. The van der Waals surface area contributed by atoms with Crippen molar-refractivity contribution in [2.45, 2.75) is 30.4 Å². The molecule has 1 aromatic carbocycles. The van der Waals surface area contributed by atoms with Crippen molar-refractivity contribution in [1.29, 1.82) is 0 Å². The van der Waals surface area contributed by atoms with Gasteiger partial charge in [-0.05, 0) is 25.5 Å². The number of rotatable bonds is 7. The molecule has 1 aromatic rings. The Morgan fingerprint density at radius 2 is 1.83 bits per heavy atom. The Bertz CT molecular complexity index is 625. The number of nitrogens with one attached hydrogen (secondary N) is 1. The molecule has 0 bridgehead atoms. The summed E-state index contributed by atoms with van der Waals surface area (Å²) in [7, 11) is -0.688. The Morgan fingerprint density at radius 3 is 2.43 bits per heavy atom. The monoisotopic (exact) mass is 345 g/mol. The number of hydrogen-bond acceptors (Lipinski definition) is 6. The van der Waals surface area contributed by atoms with Gasteiger partial charge in [-0.1, -0.05) is 0 Å². The fourth-order valence-corrected chi connectivity index (χ4v) is 3.35. The van der Waals surface area contributed by atoms with Crippen molar-refractivity contribution in [3.8, 4) is 11.5 Å². The van der Waals surface area contributed by atoms with Crippen LogP contribution in [0.25, 0.3) is 0 Å². The van der Waals surface area contributed by atoms with Crippen molar-refractivity contribution in [3.05, 3.63) is 18.2 Å². The van der Waals surface area contributed by atoms with Crippen molar-refractivity contribution in [2.75, 3.05) is 34.0 Å². The summed E-state index contributed by atoms with van der Waals surface area (Å²) < 4.78 is 48.6. The molecule has 1 fully saturated rings. The molecule has 23 heavy (non-hydrogen) atoms. The van der Waals surface area contributed by atoms with Gasteiger partial charge in [0.2, 0.25) is 10.0 Å². The fourth-order valence-electron chi connectivity index (χ4n) is 2.30. The second-order valence-corrected chi connectivity index (χ2v) is 7.12.